The van der Waals surface area contributed by atoms with Crippen LogP contribution in [0.1, 0.15) is 11.1 Å². The fraction of sp³-hybridized carbons (Fsp3) is 0.250. The summed E-state index contributed by atoms with van der Waals surface area (Å²) in [4.78, 5) is 1.27. The molecule has 19 heavy (non-hydrogen) atoms. The van der Waals surface area contributed by atoms with Gasteiger partial charge in [0.25, 0.3) is 0 Å². The van der Waals surface area contributed by atoms with E-state index in [0.717, 1.165) is 17.2 Å². The quantitative estimate of drug-likeness (QED) is 0.831. The lowest BCUT2D eigenvalue weighted by atomic mass is 10.1. The van der Waals surface area contributed by atoms with Crippen LogP contribution in [0.2, 0.25) is 5.02 Å². The molecule has 0 aromatic heterocycles. The van der Waals surface area contributed by atoms with Crippen LogP contribution in [0.3, 0.4) is 0 Å². The number of benzene rings is 2. The van der Waals surface area contributed by atoms with Crippen molar-refractivity contribution in [3.05, 3.63) is 64.7 Å². The highest BCUT2D eigenvalue weighted by atomic mass is 35.5. The van der Waals surface area contributed by atoms with Crippen LogP contribution in [0.5, 0.6) is 0 Å². The Bertz CT molecular complexity index is 525. The molecule has 3 heteroatoms. The average molecular weight is 292 g/mol. The van der Waals surface area contributed by atoms with E-state index in [9.17, 15) is 0 Å². The van der Waals surface area contributed by atoms with Crippen molar-refractivity contribution >= 4 is 23.4 Å². The predicted molar refractivity (Wildman–Crippen MR) is 85.0 cm³/mol. The molecule has 0 amide bonds. The Labute approximate surface area is 124 Å². The molecule has 2 rings (SSSR count). The van der Waals surface area contributed by atoms with E-state index in [0.29, 0.717) is 0 Å². The van der Waals surface area contributed by atoms with Gasteiger partial charge in [0.15, 0.2) is 0 Å². The van der Waals surface area contributed by atoms with Crippen LogP contribution < -0.4 is 5.73 Å². The number of hydrogen-bond acceptors (Lipinski definition) is 2. The number of aryl methyl sites for hydroxylation is 1. The molecule has 0 spiro atoms. The van der Waals surface area contributed by atoms with Crippen LogP contribution >= 0.6 is 23.4 Å². The van der Waals surface area contributed by atoms with Crippen LogP contribution in [0, 0.1) is 6.92 Å². The van der Waals surface area contributed by atoms with Gasteiger partial charge in [-0.2, -0.15) is 0 Å². The smallest absolute Gasteiger partial charge is 0.0408 e. The van der Waals surface area contributed by atoms with Gasteiger partial charge >= 0.3 is 0 Å². The third kappa shape index (κ3) is 4.90. The predicted octanol–water partition coefficient (Wildman–Crippen LogP) is 4.31. The first-order valence-electron chi connectivity index (χ1n) is 6.33. The fourth-order valence-electron chi connectivity index (χ4n) is 1.86. The molecule has 0 aliphatic carbocycles. The minimum atomic E-state index is 0.143. The van der Waals surface area contributed by atoms with E-state index >= 15 is 0 Å². The van der Waals surface area contributed by atoms with Crippen LogP contribution in [0.4, 0.5) is 0 Å². The van der Waals surface area contributed by atoms with Crippen LogP contribution in [0.25, 0.3) is 0 Å². The number of thioether (sulfide) groups is 1. The molecule has 0 bridgehead atoms. The Kier molecular flexibility index (Phi) is 5.32. The van der Waals surface area contributed by atoms with Crippen LogP contribution in [-0.4, -0.2) is 11.8 Å². The van der Waals surface area contributed by atoms with Gasteiger partial charge in [0.2, 0.25) is 0 Å². The number of rotatable bonds is 5. The van der Waals surface area contributed by atoms with Gasteiger partial charge in [-0.05, 0) is 43.2 Å². The van der Waals surface area contributed by atoms with Gasteiger partial charge < -0.3 is 5.73 Å². The fourth-order valence-corrected chi connectivity index (χ4v) is 2.93. The van der Waals surface area contributed by atoms with Crippen molar-refractivity contribution < 1.29 is 0 Å². The van der Waals surface area contributed by atoms with Crippen molar-refractivity contribution in [1.29, 1.82) is 0 Å². The van der Waals surface area contributed by atoms with Crippen molar-refractivity contribution in [3.63, 3.8) is 0 Å². The number of nitrogens with two attached hydrogens (primary N) is 1. The minimum Gasteiger partial charge on any atom is -0.327 e. The van der Waals surface area contributed by atoms with Crippen LogP contribution in [-0.2, 0) is 6.42 Å². The standard InChI is InChI=1S/C16H18ClNS/c1-12-5-7-16(8-6-12)19-11-15(18)10-13-3-2-4-14(17)9-13/h2-9,15H,10-11,18H2,1H3. The van der Waals surface area contributed by atoms with Crippen molar-refractivity contribution in [2.24, 2.45) is 5.73 Å². The summed E-state index contributed by atoms with van der Waals surface area (Å²) in [5.41, 5.74) is 8.65. The second kappa shape index (κ2) is 6.99. The SMILES string of the molecule is Cc1ccc(SCC(N)Cc2cccc(Cl)c2)cc1. The van der Waals surface area contributed by atoms with Crippen molar-refractivity contribution in [2.45, 2.75) is 24.3 Å². The lowest BCUT2D eigenvalue weighted by Crippen LogP contribution is -2.25. The second-order valence-electron chi connectivity index (χ2n) is 4.72. The zero-order chi connectivity index (χ0) is 13.7. The Morgan fingerprint density at radius 2 is 1.89 bits per heavy atom. The summed E-state index contributed by atoms with van der Waals surface area (Å²) < 4.78 is 0. The molecule has 0 heterocycles. The summed E-state index contributed by atoms with van der Waals surface area (Å²) >= 11 is 7.77. The van der Waals surface area contributed by atoms with E-state index in [1.54, 1.807) is 11.8 Å². The first-order valence-corrected chi connectivity index (χ1v) is 7.69. The lowest BCUT2D eigenvalue weighted by molar-refractivity contribution is 0.749. The number of halogens is 1. The summed E-state index contributed by atoms with van der Waals surface area (Å²) in [6, 6.07) is 16.6. The third-order valence-corrected chi connectivity index (χ3v) is 4.31. The molecule has 2 aromatic carbocycles. The first kappa shape index (κ1) is 14.4. The molecule has 0 saturated heterocycles. The Hall–Kier alpha value is -0.960. The Morgan fingerprint density at radius 3 is 2.58 bits per heavy atom. The molecule has 1 unspecified atom stereocenters. The summed E-state index contributed by atoms with van der Waals surface area (Å²) in [6.45, 7) is 2.10. The molecule has 100 valence electrons. The largest absolute Gasteiger partial charge is 0.327 e. The molecular formula is C16H18ClNS. The maximum Gasteiger partial charge on any atom is 0.0408 e. The first-order chi connectivity index (χ1) is 9.13. The van der Waals surface area contributed by atoms with E-state index in [-0.39, 0.29) is 6.04 Å². The molecule has 1 nitrogen and oxygen atoms in total. The van der Waals surface area contributed by atoms with Gasteiger partial charge in [-0.15, -0.1) is 11.8 Å². The maximum absolute atomic E-state index is 6.17. The average Bonchev–Trinajstić information content (AvgIpc) is 2.38. The number of hydrogen-bond donors (Lipinski definition) is 1. The molecule has 1 atom stereocenters. The van der Waals surface area contributed by atoms with E-state index in [1.807, 2.05) is 18.2 Å². The molecule has 0 saturated carbocycles. The molecular weight excluding hydrogens is 274 g/mol. The molecule has 2 N–H and O–H groups in total. The van der Waals surface area contributed by atoms with Crippen molar-refractivity contribution in [1.82, 2.24) is 0 Å². The molecule has 0 aliphatic heterocycles. The van der Waals surface area contributed by atoms with E-state index < -0.39 is 0 Å². The zero-order valence-corrected chi connectivity index (χ0v) is 12.5. The van der Waals surface area contributed by atoms with Crippen molar-refractivity contribution in [2.75, 3.05) is 5.75 Å². The topological polar surface area (TPSA) is 26.0 Å². The zero-order valence-electron chi connectivity index (χ0n) is 11.0. The second-order valence-corrected chi connectivity index (χ2v) is 6.25. The minimum absolute atomic E-state index is 0.143. The molecule has 0 aliphatic rings. The van der Waals surface area contributed by atoms with Gasteiger partial charge in [-0.1, -0.05) is 41.4 Å². The summed E-state index contributed by atoms with van der Waals surface area (Å²) in [5.74, 6) is 0.912. The summed E-state index contributed by atoms with van der Waals surface area (Å²) in [6.07, 6.45) is 0.861. The van der Waals surface area contributed by atoms with Gasteiger partial charge in [-0.25, -0.2) is 0 Å². The monoisotopic (exact) mass is 291 g/mol. The normalized spacial score (nSPS) is 12.4. The third-order valence-electron chi connectivity index (χ3n) is 2.87. The Balaban J connectivity index is 1.84. The van der Waals surface area contributed by atoms with E-state index in [1.165, 1.54) is 16.0 Å². The van der Waals surface area contributed by atoms with E-state index in [4.69, 9.17) is 17.3 Å². The Morgan fingerprint density at radius 1 is 1.16 bits per heavy atom. The maximum atomic E-state index is 6.17. The summed E-state index contributed by atoms with van der Waals surface area (Å²) in [7, 11) is 0. The molecule has 0 radical (unpaired) electrons. The molecule has 0 fully saturated rings. The highest BCUT2D eigenvalue weighted by Gasteiger charge is 2.05. The van der Waals surface area contributed by atoms with Gasteiger partial charge in [-0.3, -0.25) is 0 Å². The van der Waals surface area contributed by atoms with Crippen molar-refractivity contribution in [3.8, 4) is 0 Å². The van der Waals surface area contributed by atoms with Crippen LogP contribution in [0.15, 0.2) is 53.4 Å². The summed E-state index contributed by atoms with van der Waals surface area (Å²) in [5, 5.41) is 0.774. The van der Waals surface area contributed by atoms with E-state index in [2.05, 4.69) is 37.3 Å². The van der Waals surface area contributed by atoms with Gasteiger partial charge in [0, 0.05) is 21.7 Å². The van der Waals surface area contributed by atoms with Gasteiger partial charge in [0.05, 0.1) is 0 Å². The highest BCUT2D eigenvalue weighted by Crippen LogP contribution is 2.20. The van der Waals surface area contributed by atoms with Gasteiger partial charge in [0.1, 0.15) is 0 Å². The molecule has 2 aromatic rings. The lowest BCUT2D eigenvalue weighted by Gasteiger charge is -2.11. The highest BCUT2D eigenvalue weighted by molar-refractivity contribution is 7.99.